The maximum absolute atomic E-state index is 12.4. The Kier molecular flexibility index (Phi) is 8.79. The van der Waals surface area contributed by atoms with Crippen LogP contribution in [0.3, 0.4) is 0 Å². The van der Waals surface area contributed by atoms with Crippen LogP contribution in [-0.4, -0.2) is 17.0 Å². The van der Waals surface area contributed by atoms with Crippen LogP contribution in [-0.2, 0) is 4.79 Å². The van der Waals surface area contributed by atoms with Gasteiger partial charge in [0, 0.05) is 12.3 Å². The summed E-state index contributed by atoms with van der Waals surface area (Å²) >= 11 is 0. The first-order valence-corrected chi connectivity index (χ1v) is 11.4. The molecule has 0 aromatic rings. The van der Waals surface area contributed by atoms with Crippen molar-refractivity contribution < 1.29 is 9.90 Å². The predicted molar refractivity (Wildman–Crippen MR) is 115 cm³/mol. The minimum atomic E-state index is -0.232. The third kappa shape index (κ3) is 6.04. The number of carbonyl (C=O) groups excluding carboxylic acids is 1. The van der Waals surface area contributed by atoms with E-state index in [4.69, 9.17) is 0 Å². The van der Waals surface area contributed by atoms with Gasteiger partial charge in [-0.1, -0.05) is 71.3 Å². The van der Waals surface area contributed by atoms with Gasteiger partial charge in [0.05, 0.1) is 6.10 Å². The Bertz CT molecular complexity index is 512. The second kappa shape index (κ2) is 10.6. The van der Waals surface area contributed by atoms with Crippen LogP contribution < -0.4 is 0 Å². The molecule has 0 spiro atoms. The summed E-state index contributed by atoms with van der Waals surface area (Å²) in [5, 5.41) is 10.8. The Morgan fingerprint density at radius 3 is 2.56 bits per heavy atom. The highest BCUT2D eigenvalue weighted by molar-refractivity contribution is 5.84. The Labute approximate surface area is 167 Å². The van der Waals surface area contributed by atoms with E-state index in [9.17, 15) is 9.90 Å². The molecular weight excluding hydrogens is 332 g/mol. The number of hydrogen-bond acceptors (Lipinski definition) is 2. The molecule has 2 fully saturated rings. The fourth-order valence-electron chi connectivity index (χ4n) is 5.24. The lowest BCUT2D eigenvalue weighted by Gasteiger charge is -2.46. The first-order chi connectivity index (χ1) is 12.9. The summed E-state index contributed by atoms with van der Waals surface area (Å²) in [5.74, 6) is 1.96. The zero-order chi connectivity index (χ0) is 19.9. The van der Waals surface area contributed by atoms with E-state index in [0.717, 1.165) is 25.7 Å². The van der Waals surface area contributed by atoms with Gasteiger partial charge in [-0.25, -0.2) is 0 Å². The largest absolute Gasteiger partial charge is 0.392 e. The Morgan fingerprint density at radius 1 is 1.22 bits per heavy atom. The SMILES string of the molecule is CCCC/C=C\C[C@H]1C(=O)C[C@@H](C)[C@@H]1/C=C/CC(O)C1(CC(C)C)CCC1. The van der Waals surface area contributed by atoms with Gasteiger partial charge >= 0.3 is 0 Å². The van der Waals surface area contributed by atoms with Gasteiger partial charge in [-0.2, -0.15) is 0 Å². The average Bonchev–Trinajstić information content (AvgIpc) is 2.84. The Balaban J connectivity index is 1.90. The number of aliphatic hydroxyl groups is 1. The molecule has 2 heteroatoms. The standard InChI is InChI=1S/C25H42O2/c1-5-6-7-8-9-12-22-21(20(4)17-23(22)26)13-10-14-24(27)25(15-11-16-25)18-19(2)3/h8-10,13,19-22,24,27H,5-7,11-12,14-18H2,1-4H3/b9-8-,13-10+/t20-,21+,22-,24?/m1/s1. The number of aliphatic hydroxyl groups excluding tert-OH is 1. The lowest BCUT2D eigenvalue weighted by atomic mass is 9.60. The van der Waals surface area contributed by atoms with Gasteiger partial charge in [0.15, 0.2) is 0 Å². The number of unbranched alkanes of at least 4 members (excludes halogenated alkanes) is 2. The molecule has 0 heterocycles. The van der Waals surface area contributed by atoms with Crippen LogP contribution in [0.5, 0.6) is 0 Å². The number of rotatable bonds is 11. The van der Waals surface area contributed by atoms with Gasteiger partial charge in [-0.05, 0) is 61.7 Å². The van der Waals surface area contributed by atoms with Crippen LogP contribution in [0.2, 0.25) is 0 Å². The fourth-order valence-corrected chi connectivity index (χ4v) is 5.24. The van der Waals surface area contributed by atoms with Crippen molar-refractivity contribution in [2.24, 2.45) is 29.1 Å². The van der Waals surface area contributed by atoms with Crippen LogP contribution in [0, 0.1) is 29.1 Å². The first kappa shape index (κ1) is 22.4. The van der Waals surface area contributed by atoms with Gasteiger partial charge < -0.3 is 5.11 Å². The number of ketones is 1. The van der Waals surface area contributed by atoms with E-state index >= 15 is 0 Å². The van der Waals surface area contributed by atoms with Crippen molar-refractivity contribution in [3.05, 3.63) is 24.3 Å². The van der Waals surface area contributed by atoms with E-state index in [1.165, 1.54) is 32.1 Å². The third-order valence-electron chi connectivity index (χ3n) is 6.93. The molecule has 2 rings (SSSR count). The number of carbonyl (C=O) groups is 1. The second-order valence-corrected chi connectivity index (χ2v) is 9.67. The highest BCUT2D eigenvalue weighted by Gasteiger charge is 2.43. The third-order valence-corrected chi connectivity index (χ3v) is 6.93. The average molecular weight is 375 g/mol. The molecule has 1 unspecified atom stereocenters. The lowest BCUT2D eigenvalue weighted by Crippen LogP contribution is -2.42. The van der Waals surface area contributed by atoms with Crippen molar-refractivity contribution in [1.29, 1.82) is 0 Å². The number of Topliss-reactive ketones (excluding diaryl/α,β-unsaturated/α-hetero) is 1. The van der Waals surface area contributed by atoms with Crippen molar-refractivity contribution >= 4 is 5.78 Å². The van der Waals surface area contributed by atoms with E-state index in [2.05, 4.69) is 52.0 Å². The van der Waals surface area contributed by atoms with Crippen LogP contribution in [0.1, 0.15) is 91.9 Å². The molecular formula is C25H42O2. The Hall–Kier alpha value is -0.890. The van der Waals surface area contributed by atoms with Gasteiger partial charge in [-0.3, -0.25) is 4.79 Å². The maximum atomic E-state index is 12.4. The molecule has 0 radical (unpaired) electrons. The lowest BCUT2D eigenvalue weighted by molar-refractivity contribution is -0.121. The molecule has 2 nitrogen and oxygen atoms in total. The number of allylic oxidation sites excluding steroid dienone is 3. The number of hydrogen-bond donors (Lipinski definition) is 1. The molecule has 0 aromatic carbocycles. The normalized spacial score (nSPS) is 29.1. The van der Waals surface area contributed by atoms with Crippen LogP contribution in [0.25, 0.3) is 0 Å². The fraction of sp³-hybridized carbons (Fsp3) is 0.800. The molecule has 27 heavy (non-hydrogen) atoms. The van der Waals surface area contributed by atoms with Crippen molar-refractivity contribution in [3.8, 4) is 0 Å². The van der Waals surface area contributed by atoms with E-state index in [0.29, 0.717) is 30.0 Å². The second-order valence-electron chi connectivity index (χ2n) is 9.67. The molecule has 154 valence electrons. The van der Waals surface area contributed by atoms with Crippen LogP contribution in [0.4, 0.5) is 0 Å². The van der Waals surface area contributed by atoms with Gasteiger partial charge in [0.1, 0.15) is 5.78 Å². The van der Waals surface area contributed by atoms with E-state index < -0.39 is 0 Å². The molecule has 2 aliphatic rings. The molecule has 4 atom stereocenters. The summed E-state index contributed by atoms with van der Waals surface area (Å²) in [4.78, 5) is 12.4. The van der Waals surface area contributed by atoms with Gasteiger partial charge in [-0.15, -0.1) is 0 Å². The van der Waals surface area contributed by atoms with Crippen LogP contribution >= 0.6 is 0 Å². The smallest absolute Gasteiger partial charge is 0.137 e. The van der Waals surface area contributed by atoms with E-state index in [1.54, 1.807) is 0 Å². The summed E-state index contributed by atoms with van der Waals surface area (Å²) in [6, 6.07) is 0. The minimum Gasteiger partial charge on any atom is -0.392 e. The maximum Gasteiger partial charge on any atom is 0.137 e. The van der Waals surface area contributed by atoms with E-state index in [-0.39, 0.29) is 17.4 Å². The summed E-state index contributed by atoms with van der Waals surface area (Å²) in [7, 11) is 0. The zero-order valence-corrected chi connectivity index (χ0v) is 18.1. The summed E-state index contributed by atoms with van der Waals surface area (Å²) in [6.07, 6.45) is 19.3. The summed E-state index contributed by atoms with van der Waals surface area (Å²) in [6.45, 7) is 8.93. The topological polar surface area (TPSA) is 37.3 Å². The highest BCUT2D eigenvalue weighted by atomic mass is 16.3. The molecule has 0 bridgehead atoms. The summed E-state index contributed by atoms with van der Waals surface area (Å²) < 4.78 is 0. The quantitative estimate of drug-likeness (QED) is 0.331. The van der Waals surface area contributed by atoms with Crippen molar-refractivity contribution in [2.45, 2.75) is 98.0 Å². The molecule has 0 saturated heterocycles. The molecule has 0 aliphatic heterocycles. The first-order valence-electron chi connectivity index (χ1n) is 11.4. The van der Waals surface area contributed by atoms with E-state index in [1.807, 2.05) is 0 Å². The van der Waals surface area contributed by atoms with Crippen molar-refractivity contribution in [1.82, 2.24) is 0 Å². The van der Waals surface area contributed by atoms with Crippen molar-refractivity contribution in [2.75, 3.05) is 0 Å². The van der Waals surface area contributed by atoms with Gasteiger partial charge in [0.25, 0.3) is 0 Å². The molecule has 2 saturated carbocycles. The zero-order valence-electron chi connectivity index (χ0n) is 18.1. The molecule has 2 aliphatic carbocycles. The Morgan fingerprint density at radius 2 is 1.96 bits per heavy atom. The minimum absolute atomic E-state index is 0.139. The molecule has 0 amide bonds. The highest BCUT2D eigenvalue weighted by Crippen LogP contribution is 2.49. The van der Waals surface area contributed by atoms with Gasteiger partial charge in [0.2, 0.25) is 0 Å². The summed E-state index contributed by atoms with van der Waals surface area (Å²) in [5.41, 5.74) is 0.150. The molecule has 1 N–H and O–H groups in total. The molecule has 0 aromatic heterocycles. The van der Waals surface area contributed by atoms with Crippen molar-refractivity contribution in [3.63, 3.8) is 0 Å². The predicted octanol–water partition coefficient (Wildman–Crippen LogP) is 6.49. The van der Waals surface area contributed by atoms with Crippen LogP contribution in [0.15, 0.2) is 24.3 Å². The monoisotopic (exact) mass is 374 g/mol.